The van der Waals surface area contributed by atoms with Crippen molar-refractivity contribution in [1.82, 2.24) is 14.9 Å². The highest BCUT2D eigenvalue weighted by Gasteiger charge is 2.30. The lowest BCUT2D eigenvalue weighted by molar-refractivity contribution is -0.146. The summed E-state index contributed by atoms with van der Waals surface area (Å²) >= 11 is 0. The van der Waals surface area contributed by atoms with Gasteiger partial charge in [0.15, 0.2) is 5.82 Å². The molecule has 0 saturated heterocycles. The van der Waals surface area contributed by atoms with Gasteiger partial charge >= 0.3 is 5.97 Å². The number of carbonyl (C=O) groups excluding carboxylic acids is 1. The van der Waals surface area contributed by atoms with Gasteiger partial charge in [-0.05, 0) is 12.8 Å². The molecular formula is C9H17N5O2. The molecule has 0 spiro atoms. The summed E-state index contributed by atoms with van der Waals surface area (Å²) in [7, 11) is 0. The molecule has 7 nitrogen and oxygen atoms in total. The molecule has 1 unspecified atom stereocenters. The van der Waals surface area contributed by atoms with Crippen molar-refractivity contribution in [3.8, 4) is 0 Å². The Morgan fingerprint density at radius 1 is 1.50 bits per heavy atom. The van der Waals surface area contributed by atoms with Gasteiger partial charge in [-0.15, -0.1) is 10.2 Å². The first-order chi connectivity index (χ1) is 7.49. The second-order valence-electron chi connectivity index (χ2n) is 3.76. The van der Waals surface area contributed by atoms with E-state index in [4.69, 9.17) is 16.3 Å². The molecule has 0 radical (unpaired) electrons. The molecule has 16 heavy (non-hydrogen) atoms. The molecule has 0 fully saturated rings. The van der Waals surface area contributed by atoms with Crippen molar-refractivity contribution < 1.29 is 9.53 Å². The van der Waals surface area contributed by atoms with Crippen LogP contribution in [0.25, 0.3) is 0 Å². The molecule has 1 aromatic heterocycles. The van der Waals surface area contributed by atoms with Crippen LogP contribution in [0, 0.1) is 5.92 Å². The summed E-state index contributed by atoms with van der Waals surface area (Å²) in [4.78, 5) is 11.7. The van der Waals surface area contributed by atoms with Crippen LogP contribution in [-0.2, 0) is 9.53 Å². The van der Waals surface area contributed by atoms with Gasteiger partial charge in [0.25, 0.3) is 0 Å². The number of nitrogen functional groups attached to an aromatic ring is 2. The highest BCUT2D eigenvalue weighted by molar-refractivity contribution is 5.77. The number of nitrogens with two attached hydrogens (primary N) is 2. The zero-order chi connectivity index (χ0) is 12.3. The SMILES string of the molecule is CCOC(=O)C(c1nnc(N)n1N)C(C)C. The Balaban J connectivity index is 3.03. The van der Waals surface area contributed by atoms with E-state index in [0.29, 0.717) is 12.4 Å². The normalized spacial score (nSPS) is 12.8. The van der Waals surface area contributed by atoms with Gasteiger partial charge in [-0.2, -0.15) is 0 Å². The number of hydrogen-bond acceptors (Lipinski definition) is 6. The zero-order valence-corrected chi connectivity index (χ0v) is 9.67. The van der Waals surface area contributed by atoms with Crippen LogP contribution < -0.4 is 11.6 Å². The summed E-state index contributed by atoms with van der Waals surface area (Å²) in [5.41, 5.74) is 5.46. The maximum absolute atomic E-state index is 11.7. The molecule has 1 aromatic rings. The quantitative estimate of drug-likeness (QED) is 0.548. The number of anilines is 1. The molecule has 1 atom stereocenters. The number of nitrogens with zero attached hydrogens (tertiary/aromatic N) is 3. The van der Waals surface area contributed by atoms with Crippen LogP contribution in [0.3, 0.4) is 0 Å². The van der Waals surface area contributed by atoms with Gasteiger partial charge in [0, 0.05) is 0 Å². The van der Waals surface area contributed by atoms with Gasteiger partial charge in [0.1, 0.15) is 5.92 Å². The predicted octanol–water partition coefficient (Wildman–Crippen LogP) is -0.123. The van der Waals surface area contributed by atoms with Crippen LogP contribution in [-0.4, -0.2) is 27.4 Å². The Hall–Kier alpha value is -1.79. The third-order valence-corrected chi connectivity index (χ3v) is 2.23. The number of hydrogen-bond donors (Lipinski definition) is 2. The zero-order valence-electron chi connectivity index (χ0n) is 9.67. The van der Waals surface area contributed by atoms with Gasteiger partial charge < -0.3 is 16.3 Å². The highest BCUT2D eigenvalue weighted by atomic mass is 16.5. The minimum atomic E-state index is -0.547. The van der Waals surface area contributed by atoms with E-state index in [1.54, 1.807) is 6.92 Å². The van der Waals surface area contributed by atoms with E-state index in [1.165, 1.54) is 0 Å². The van der Waals surface area contributed by atoms with E-state index in [2.05, 4.69) is 10.2 Å². The van der Waals surface area contributed by atoms with Crippen LogP contribution in [0.4, 0.5) is 5.95 Å². The number of esters is 1. The van der Waals surface area contributed by atoms with E-state index in [9.17, 15) is 4.79 Å². The summed E-state index contributed by atoms with van der Waals surface area (Å²) in [6.07, 6.45) is 0. The molecule has 4 N–H and O–H groups in total. The van der Waals surface area contributed by atoms with E-state index < -0.39 is 5.92 Å². The van der Waals surface area contributed by atoms with Crippen molar-refractivity contribution in [2.45, 2.75) is 26.7 Å². The smallest absolute Gasteiger partial charge is 0.317 e. The average Bonchev–Trinajstić information content (AvgIpc) is 2.50. The third kappa shape index (κ3) is 2.23. The summed E-state index contributed by atoms with van der Waals surface area (Å²) in [6.45, 7) is 5.83. The number of rotatable bonds is 4. The Morgan fingerprint density at radius 3 is 2.50 bits per heavy atom. The Labute approximate surface area is 93.7 Å². The summed E-state index contributed by atoms with van der Waals surface area (Å²) < 4.78 is 6.08. The van der Waals surface area contributed by atoms with E-state index in [-0.39, 0.29) is 17.8 Å². The van der Waals surface area contributed by atoms with Crippen LogP contribution in [0.5, 0.6) is 0 Å². The molecule has 0 aromatic carbocycles. The predicted molar refractivity (Wildman–Crippen MR) is 58.8 cm³/mol. The third-order valence-electron chi connectivity index (χ3n) is 2.23. The van der Waals surface area contributed by atoms with Crippen LogP contribution >= 0.6 is 0 Å². The molecule has 1 heterocycles. The number of aromatic nitrogens is 3. The first kappa shape index (κ1) is 12.3. The molecule has 0 saturated carbocycles. The van der Waals surface area contributed by atoms with Gasteiger partial charge in [-0.1, -0.05) is 13.8 Å². The summed E-state index contributed by atoms with van der Waals surface area (Å²) in [5.74, 6) is 5.13. The number of carbonyl (C=O) groups is 1. The van der Waals surface area contributed by atoms with E-state index in [0.717, 1.165) is 4.68 Å². The maximum atomic E-state index is 11.7. The van der Waals surface area contributed by atoms with Crippen LogP contribution in [0.1, 0.15) is 32.5 Å². The summed E-state index contributed by atoms with van der Waals surface area (Å²) in [6, 6.07) is 0. The lowest BCUT2D eigenvalue weighted by atomic mass is 9.95. The largest absolute Gasteiger partial charge is 0.465 e. The molecule has 0 amide bonds. The Bertz CT molecular complexity index is 374. The number of ether oxygens (including phenoxy) is 1. The van der Waals surface area contributed by atoms with E-state index in [1.807, 2.05) is 13.8 Å². The minimum absolute atomic E-state index is 0.00458. The monoisotopic (exact) mass is 227 g/mol. The fourth-order valence-corrected chi connectivity index (χ4v) is 1.44. The van der Waals surface area contributed by atoms with Gasteiger partial charge in [-0.25, -0.2) is 4.68 Å². The standard InChI is InChI=1S/C9H17N5O2/c1-4-16-8(15)6(5(2)3)7-12-13-9(10)14(7)11/h5-6H,4,11H2,1-3H3,(H2,10,13). The molecular weight excluding hydrogens is 210 g/mol. The molecule has 0 aliphatic carbocycles. The van der Waals surface area contributed by atoms with Crippen molar-refractivity contribution in [2.24, 2.45) is 5.92 Å². The van der Waals surface area contributed by atoms with Crippen molar-refractivity contribution in [3.63, 3.8) is 0 Å². The van der Waals surface area contributed by atoms with Gasteiger partial charge in [-0.3, -0.25) is 4.79 Å². The van der Waals surface area contributed by atoms with Crippen LogP contribution in [0.15, 0.2) is 0 Å². The topological polar surface area (TPSA) is 109 Å². The van der Waals surface area contributed by atoms with Crippen molar-refractivity contribution in [1.29, 1.82) is 0 Å². The Morgan fingerprint density at radius 2 is 2.12 bits per heavy atom. The maximum Gasteiger partial charge on any atom is 0.317 e. The molecule has 7 heteroatoms. The van der Waals surface area contributed by atoms with Crippen molar-refractivity contribution >= 4 is 11.9 Å². The van der Waals surface area contributed by atoms with E-state index >= 15 is 0 Å². The first-order valence-corrected chi connectivity index (χ1v) is 5.11. The molecule has 0 bridgehead atoms. The Kier molecular flexibility index (Phi) is 3.70. The first-order valence-electron chi connectivity index (χ1n) is 5.11. The fraction of sp³-hybridized carbons (Fsp3) is 0.667. The second-order valence-corrected chi connectivity index (χ2v) is 3.76. The van der Waals surface area contributed by atoms with Gasteiger partial charge in [0.2, 0.25) is 5.95 Å². The second kappa shape index (κ2) is 4.82. The molecule has 0 aliphatic heterocycles. The van der Waals surface area contributed by atoms with Gasteiger partial charge in [0.05, 0.1) is 6.61 Å². The lowest BCUT2D eigenvalue weighted by Gasteiger charge is -2.17. The lowest BCUT2D eigenvalue weighted by Crippen LogP contribution is -2.27. The highest BCUT2D eigenvalue weighted by Crippen LogP contribution is 2.24. The molecule has 1 rings (SSSR count). The van der Waals surface area contributed by atoms with Crippen LogP contribution in [0.2, 0.25) is 0 Å². The minimum Gasteiger partial charge on any atom is -0.465 e. The average molecular weight is 227 g/mol. The molecule has 0 aliphatic rings. The summed E-state index contributed by atoms with van der Waals surface area (Å²) in [5, 5.41) is 7.42. The van der Waals surface area contributed by atoms with Crippen molar-refractivity contribution in [3.05, 3.63) is 5.82 Å². The molecule has 90 valence electrons. The fourth-order valence-electron chi connectivity index (χ4n) is 1.44. The van der Waals surface area contributed by atoms with Crippen molar-refractivity contribution in [2.75, 3.05) is 18.2 Å².